The Kier molecular flexibility index (Phi) is 5.33. The Morgan fingerprint density at radius 2 is 2.37 bits per heavy atom. The first-order chi connectivity index (χ1) is 9.31. The van der Waals surface area contributed by atoms with Crippen molar-refractivity contribution in [2.45, 2.75) is 38.1 Å². The fourth-order valence-electron chi connectivity index (χ4n) is 2.70. The number of likely N-dealkylation sites (tertiary alicyclic amines) is 1. The van der Waals surface area contributed by atoms with Crippen LogP contribution in [0, 0.1) is 0 Å². The second kappa shape index (κ2) is 7.24. The van der Waals surface area contributed by atoms with Crippen molar-refractivity contribution in [3.8, 4) is 0 Å². The third-order valence-electron chi connectivity index (χ3n) is 3.71. The second-order valence-electron chi connectivity index (χ2n) is 5.12. The minimum Gasteiger partial charge on any atom is -0.338 e. The topological polar surface area (TPSA) is 45.2 Å². The van der Waals surface area contributed by atoms with E-state index in [4.69, 9.17) is 0 Å². The van der Waals surface area contributed by atoms with Gasteiger partial charge in [0.05, 0.1) is 0 Å². The van der Waals surface area contributed by atoms with Gasteiger partial charge in [0.2, 0.25) is 5.91 Å². The van der Waals surface area contributed by atoms with Gasteiger partial charge in [-0.3, -0.25) is 9.78 Å². The SMILES string of the molecule is CNCC1CCCCN1C(=O)CCc1ccccn1. The molecule has 2 heterocycles. The van der Waals surface area contributed by atoms with Crippen molar-refractivity contribution in [3.63, 3.8) is 0 Å². The molecular formula is C15H23N3O. The van der Waals surface area contributed by atoms with Crippen LogP contribution in [0.2, 0.25) is 0 Å². The number of rotatable bonds is 5. The average Bonchev–Trinajstić information content (AvgIpc) is 2.47. The van der Waals surface area contributed by atoms with Crippen LogP contribution in [0.1, 0.15) is 31.4 Å². The van der Waals surface area contributed by atoms with Gasteiger partial charge in [0.1, 0.15) is 0 Å². The third kappa shape index (κ3) is 4.03. The molecule has 104 valence electrons. The largest absolute Gasteiger partial charge is 0.338 e. The van der Waals surface area contributed by atoms with Crippen molar-refractivity contribution < 1.29 is 4.79 Å². The molecule has 1 N–H and O–H groups in total. The second-order valence-corrected chi connectivity index (χ2v) is 5.12. The summed E-state index contributed by atoms with van der Waals surface area (Å²) in [5.41, 5.74) is 0.998. The van der Waals surface area contributed by atoms with E-state index in [9.17, 15) is 4.79 Å². The predicted molar refractivity (Wildman–Crippen MR) is 75.8 cm³/mol. The summed E-state index contributed by atoms with van der Waals surface area (Å²) in [6.45, 7) is 1.81. The van der Waals surface area contributed by atoms with Crippen molar-refractivity contribution in [1.29, 1.82) is 0 Å². The van der Waals surface area contributed by atoms with E-state index in [-0.39, 0.29) is 5.91 Å². The van der Waals surface area contributed by atoms with E-state index in [0.29, 0.717) is 12.5 Å². The number of carbonyl (C=O) groups excluding carboxylic acids is 1. The molecule has 1 aromatic heterocycles. The van der Waals surface area contributed by atoms with Gasteiger partial charge >= 0.3 is 0 Å². The monoisotopic (exact) mass is 261 g/mol. The zero-order chi connectivity index (χ0) is 13.5. The molecule has 1 unspecified atom stereocenters. The van der Waals surface area contributed by atoms with E-state index in [2.05, 4.69) is 15.2 Å². The Morgan fingerprint density at radius 3 is 3.11 bits per heavy atom. The van der Waals surface area contributed by atoms with E-state index in [1.807, 2.05) is 25.2 Å². The third-order valence-corrected chi connectivity index (χ3v) is 3.71. The van der Waals surface area contributed by atoms with Crippen molar-refractivity contribution in [2.24, 2.45) is 0 Å². The highest BCUT2D eigenvalue weighted by atomic mass is 16.2. The molecule has 2 rings (SSSR count). The summed E-state index contributed by atoms with van der Waals surface area (Å²) in [4.78, 5) is 18.7. The van der Waals surface area contributed by atoms with Crippen molar-refractivity contribution in [3.05, 3.63) is 30.1 Å². The fraction of sp³-hybridized carbons (Fsp3) is 0.600. The van der Waals surface area contributed by atoms with Crippen molar-refractivity contribution in [1.82, 2.24) is 15.2 Å². The summed E-state index contributed by atoms with van der Waals surface area (Å²) in [6, 6.07) is 6.22. The molecule has 1 atom stereocenters. The number of hydrogen-bond donors (Lipinski definition) is 1. The number of piperidine rings is 1. The van der Waals surface area contributed by atoms with E-state index < -0.39 is 0 Å². The van der Waals surface area contributed by atoms with Gasteiger partial charge in [-0.25, -0.2) is 0 Å². The quantitative estimate of drug-likeness (QED) is 0.876. The summed E-state index contributed by atoms with van der Waals surface area (Å²) in [5, 5.41) is 3.19. The fourth-order valence-corrected chi connectivity index (χ4v) is 2.70. The van der Waals surface area contributed by atoms with Gasteiger partial charge in [0.25, 0.3) is 0 Å². The first kappa shape index (κ1) is 14.0. The average molecular weight is 261 g/mol. The Balaban J connectivity index is 1.87. The zero-order valence-electron chi connectivity index (χ0n) is 11.6. The van der Waals surface area contributed by atoms with Gasteiger partial charge in [-0.1, -0.05) is 6.07 Å². The summed E-state index contributed by atoms with van der Waals surface area (Å²) in [7, 11) is 1.95. The number of aromatic nitrogens is 1. The number of pyridine rings is 1. The minimum atomic E-state index is 0.269. The Bertz CT molecular complexity index is 392. The summed E-state index contributed by atoms with van der Waals surface area (Å²) < 4.78 is 0. The molecule has 0 aliphatic carbocycles. The number of carbonyl (C=O) groups is 1. The first-order valence-electron chi connectivity index (χ1n) is 7.15. The lowest BCUT2D eigenvalue weighted by molar-refractivity contribution is -0.134. The highest BCUT2D eigenvalue weighted by molar-refractivity contribution is 5.76. The standard InChI is InChI=1S/C15H23N3O/c1-16-12-14-7-3-5-11-18(14)15(19)9-8-13-6-2-4-10-17-13/h2,4,6,10,14,16H,3,5,7-9,11-12H2,1H3. The van der Waals surface area contributed by atoms with Crippen LogP contribution in [-0.4, -0.2) is 42.0 Å². The molecule has 0 spiro atoms. The van der Waals surface area contributed by atoms with E-state index in [1.165, 1.54) is 6.42 Å². The van der Waals surface area contributed by atoms with E-state index in [1.54, 1.807) is 6.20 Å². The number of nitrogens with one attached hydrogen (secondary N) is 1. The number of amides is 1. The van der Waals surface area contributed by atoms with Gasteiger partial charge in [-0.05, 0) is 44.9 Å². The smallest absolute Gasteiger partial charge is 0.223 e. The lowest BCUT2D eigenvalue weighted by atomic mass is 10.0. The van der Waals surface area contributed by atoms with Gasteiger partial charge in [0.15, 0.2) is 0 Å². The summed E-state index contributed by atoms with van der Waals surface area (Å²) in [6.07, 6.45) is 6.58. The van der Waals surface area contributed by atoms with Crippen LogP contribution >= 0.6 is 0 Å². The van der Waals surface area contributed by atoms with Crippen LogP contribution < -0.4 is 5.32 Å². The van der Waals surface area contributed by atoms with Gasteiger partial charge < -0.3 is 10.2 Å². The molecule has 4 heteroatoms. The molecule has 1 fully saturated rings. The first-order valence-corrected chi connectivity index (χ1v) is 7.15. The highest BCUT2D eigenvalue weighted by Gasteiger charge is 2.25. The molecule has 1 aliphatic rings. The van der Waals surface area contributed by atoms with Crippen LogP contribution in [0.15, 0.2) is 24.4 Å². The van der Waals surface area contributed by atoms with Crippen LogP contribution in [-0.2, 0) is 11.2 Å². The lowest BCUT2D eigenvalue weighted by Gasteiger charge is -2.35. The number of aryl methyl sites for hydroxylation is 1. The van der Waals surface area contributed by atoms with Crippen LogP contribution in [0.5, 0.6) is 0 Å². The highest BCUT2D eigenvalue weighted by Crippen LogP contribution is 2.18. The van der Waals surface area contributed by atoms with Gasteiger partial charge in [-0.15, -0.1) is 0 Å². The maximum atomic E-state index is 12.3. The minimum absolute atomic E-state index is 0.269. The van der Waals surface area contributed by atoms with Crippen LogP contribution in [0.4, 0.5) is 0 Å². The van der Waals surface area contributed by atoms with Crippen LogP contribution in [0.25, 0.3) is 0 Å². The Hall–Kier alpha value is -1.42. The molecule has 1 aliphatic heterocycles. The molecule has 1 aromatic rings. The predicted octanol–water partition coefficient (Wildman–Crippen LogP) is 1.61. The van der Waals surface area contributed by atoms with Crippen molar-refractivity contribution in [2.75, 3.05) is 20.1 Å². The zero-order valence-corrected chi connectivity index (χ0v) is 11.6. The maximum absolute atomic E-state index is 12.3. The number of likely N-dealkylation sites (N-methyl/N-ethyl adjacent to an activating group) is 1. The number of nitrogens with zero attached hydrogens (tertiary/aromatic N) is 2. The molecule has 1 saturated heterocycles. The normalized spacial score (nSPS) is 19.4. The maximum Gasteiger partial charge on any atom is 0.223 e. The van der Waals surface area contributed by atoms with E-state index >= 15 is 0 Å². The Labute approximate surface area is 115 Å². The summed E-state index contributed by atoms with van der Waals surface area (Å²) in [5.74, 6) is 0.269. The van der Waals surface area contributed by atoms with E-state index in [0.717, 1.165) is 38.0 Å². The van der Waals surface area contributed by atoms with Crippen LogP contribution in [0.3, 0.4) is 0 Å². The molecular weight excluding hydrogens is 238 g/mol. The molecule has 0 aromatic carbocycles. The molecule has 1 amide bonds. The number of hydrogen-bond acceptors (Lipinski definition) is 3. The van der Waals surface area contributed by atoms with Crippen molar-refractivity contribution >= 4 is 5.91 Å². The lowest BCUT2D eigenvalue weighted by Crippen LogP contribution is -2.48. The molecule has 19 heavy (non-hydrogen) atoms. The molecule has 0 bridgehead atoms. The summed E-state index contributed by atoms with van der Waals surface area (Å²) >= 11 is 0. The molecule has 4 nitrogen and oxygen atoms in total. The molecule has 0 radical (unpaired) electrons. The molecule has 0 saturated carbocycles. The van der Waals surface area contributed by atoms with Gasteiger partial charge in [0, 0.05) is 37.4 Å². The van der Waals surface area contributed by atoms with Gasteiger partial charge in [-0.2, -0.15) is 0 Å². The Morgan fingerprint density at radius 1 is 1.47 bits per heavy atom.